The first kappa shape index (κ1) is 15.3. The predicted octanol–water partition coefficient (Wildman–Crippen LogP) is 2.88. The second-order valence-electron chi connectivity index (χ2n) is 6.28. The normalized spacial score (nSPS) is 18.0. The molecule has 0 amide bonds. The molecule has 1 unspecified atom stereocenters. The summed E-state index contributed by atoms with van der Waals surface area (Å²) < 4.78 is 5.67. The van der Waals surface area contributed by atoms with Crippen LogP contribution in [0.1, 0.15) is 24.0 Å². The van der Waals surface area contributed by atoms with Crippen molar-refractivity contribution in [3.8, 4) is 0 Å². The maximum atomic E-state index is 5.67. The van der Waals surface area contributed by atoms with Crippen LogP contribution in [-0.4, -0.2) is 38.3 Å². The molecule has 0 spiro atoms. The Morgan fingerprint density at radius 1 is 1.36 bits per heavy atom. The SMILES string of the molecule is Cc1cccc2cc(CNCC3CCCO3)c(N(C)C)nc12. The molecule has 2 aromatic rings. The van der Waals surface area contributed by atoms with Gasteiger partial charge in [-0.25, -0.2) is 4.98 Å². The van der Waals surface area contributed by atoms with Crippen molar-refractivity contribution in [2.75, 3.05) is 32.1 Å². The van der Waals surface area contributed by atoms with Crippen LogP contribution < -0.4 is 10.2 Å². The number of anilines is 1. The number of aromatic nitrogens is 1. The van der Waals surface area contributed by atoms with Crippen LogP contribution in [0.4, 0.5) is 5.82 Å². The number of nitrogens with zero attached hydrogens (tertiary/aromatic N) is 2. The summed E-state index contributed by atoms with van der Waals surface area (Å²) in [6.07, 6.45) is 2.73. The zero-order valence-corrected chi connectivity index (χ0v) is 13.7. The van der Waals surface area contributed by atoms with Crippen LogP contribution in [0, 0.1) is 6.92 Å². The number of pyridine rings is 1. The van der Waals surface area contributed by atoms with Gasteiger partial charge in [-0.3, -0.25) is 0 Å². The third-order valence-corrected chi connectivity index (χ3v) is 4.24. The molecule has 1 fully saturated rings. The number of ether oxygens (including phenoxy) is 1. The zero-order chi connectivity index (χ0) is 15.5. The molecule has 1 atom stereocenters. The summed E-state index contributed by atoms with van der Waals surface area (Å²) in [5.74, 6) is 1.04. The van der Waals surface area contributed by atoms with Gasteiger partial charge in [0.25, 0.3) is 0 Å². The van der Waals surface area contributed by atoms with E-state index < -0.39 is 0 Å². The van der Waals surface area contributed by atoms with Gasteiger partial charge in [-0.2, -0.15) is 0 Å². The first-order valence-corrected chi connectivity index (χ1v) is 8.04. The van der Waals surface area contributed by atoms with Gasteiger partial charge in [0, 0.05) is 44.7 Å². The van der Waals surface area contributed by atoms with E-state index in [0.717, 1.165) is 31.0 Å². The third-order valence-electron chi connectivity index (χ3n) is 4.24. The fourth-order valence-electron chi connectivity index (χ4n) is 3.07. The Bertz CT molecular complexity index is 648. The van der Waals surface area contributed by atoms with Crippen molar-refractivity contribution in [2.45, 2.75) is 32.4 Å². The average molecular weight is 299 g/mol. The Labute approximate surface area is 132 Å². The molecule has 1 aromatic heterocycles. The quantitative estimate of drug-likeness (QED) is 0.921. The van der Waals surface area contributed by atoms with Crippen LogP contribution in [0.15, 0.2) is 24.3 Å². The molecule has 4 heteroatoms. The number of hydrogen-bond donors (Lipinski definition) is 1. The van der Waals surface area contributed by atoms with Gasteiger partial charge < -0.3 is 15.0 Å². The second-order valence-corrected chi connectivity index (χ2v) is 6.28. The van der Waals surface area contributed by atoms with Gasteiger partial charge in [0.1, 0.15) is 5.82 Å². The van der Waals surface area contributed by atoms with Gasteiger partial charge >= 0.3 is 0 Å². The van der Waals surface area contributed by atoms with E-state index in [1.807, 2.05) is 0 Å². The highest BCUT2D eigenvalue weighted by molar-refractivity contribution is 5.84. The van der Waals surface area contributed by atoms with Crippen molar-refractivity contribution < 1.29 is 4.74 Å². The van der Waals surface area contributed by atoms with Crippen LogP contribution in [0.2, 0.25) is 0 Å². The fourth-order valence-corrected chi connectivity index (χ4v) is 3.07. The highest BCUT2D eigenvalue weighted by Crippen LogP contribution is 2.24. The van der Waals surface area contributed by atoms with Crippen LogP contribution in [0.25, 0.3) is 10.9 Å². The first-order chi connectivity index (χ1) is 10.6. The van der Waals surface area contributed by atoms with E-state index in [1.165, 1.54) is 29.4 Å². The lowest BCUT2D eigenvalue weighted by Crippen LogP contribution is -2.27. The summed E-state index contributed by atoms with van der Waals surface area (Å²) in [6.45, 7) is 4.76. The molecule has 1 aromatic carbocycles. The minimum absolute atomic E-state index is 0.374. The van der Waals surface area contributed by atoms with E-state index in [1.54, 1.807) is 0 Å². The fraction of sp³-hybridized carbons (Fsp3) is 0.500. The van der Waals surface area contributed by atoms with Crippen molar-refractivity contribution in [1.29, 1.82) is 0 Å². The molecular formula is C18H25N3O. The van der Waals surface area contributed by atoms with E-state index >= 15 is 0 Å². The highest BCUT2D eigenvalue weighted by atomic mass is 16.5. The third kappa shape index (κ3) is 3.23. The van der Waals surface area contributed by atoms with Crippen molar-refractivity contribution in [3.05, 3.63) is 35.4 Å². The van der Waals surface area contributed by atoms with Gasteiger partial charge in [0.2, 0.25) is 0 Å². The summed E-state index contributed by atoms with van der Waals surface area (Å²) >= 11 is 0. The summed E-state index contributed by atoms with van der Waals surface area (Å²) in [5.41, 5.74) is 3.55. The van der Waals surface area contributed by atoms with Gasteiger partial charge in [0.15, 0.2) is 0 Å². The Kier molecular flexibility index (Phi) is 4.60. The molecule has 2 heterocycles. The molecule has 22 heavy (non-hydrogen) atoms. The smallest absolute Gasteiger partial charge is 0.133 e. The van der Waals surface area contributed by atoms with Crippen molar-refractivity contribution in [2.24, 2.45) is 0 Å². The van der Waals surface area contributed by atoms with E-state index in [4.69, 9.17) is 9.72 Å². The monoisotopic (exact) mass is 299 g/mol. The van der Waals surface area contributed by atoms with Gasteiger partial charge in [0.05, 0.1) is 11.6 Å². The van der Waals surface area contributed by atoms with Crippen molar-refractivity contribution >= 4 is 16.7 Å². The van der Waals surface area contributed by atoms with E-state index in [-0.39, 0.29) is 0 Å². The molecule has 1 aliphatic heterocycles. The zero-order valence-electron chi connectivity index (χ0n) is 13.7. The summed E-state index contributed by atoms with van der Waals surface area (Å²) in [5, 5.41) is 4.73. The highest BCUT2D eigenvalue weighted by Gasteiger charge is 2.15. The van der Waals surface area contributed by atoms with E-state index in [0.29, 0.717) is 6.10 Å². The van der Waals surface area contributed by atoms with Crippen LogP contribution in [0.5, 0.6) is 0 Å². The van der Waals surface area contributed by atoms with Gasteiger partial charge in [-0.05, 0) is 31.4 Å². The number of hydrogen-bond acceptors (Lipinski definition) is 4. The maximum absolute atomic E-state index is 5.67. The number of benzene rings is 1. The largest absolute Gasteiger partial charge is 0.377 e. The standard InChI is InChI=1S/C18H25N3O/c1-13-6-4-7-14-10-15(18(21(2)3)20-17(13)14)11-19-12-16-8-5-9-22-16/h4,6-7,10,16,19H,5,8-9,11-12H2,1-3H3. The van der Waals surface area contributed by atoms with Gasteiger partial charge in [-0.1, -0.05) is 18.2 Å². The molecule has 4 nitrogen and oxygen atoms in total. The topological polar surface area (TPSA) is 37.4 Å². The Morgan fingerprint density at radius 2 is 2.23 bits per heavy atom. The number of rotatable bonds is 5. The summed E-state index contributed by atoms with van der Waals surface area (Å²) in [6, 6.07) is 8.61. The second kappa shape index (κ2) is 6.63. The number of aryl methyl sites for hydroxylation is 1. The minimum atomic E-state index is 0.374. The predicted molar refractivity (Wildman–Crippen MR) is 91.5 cm³/mol. The van der Waals surface area contributed by atoms with Crippen molar-refractivity contribution in [1.82, 2.24) is 10.3 Å². The minimum Gasteiger partial charge on any atom is -0.377 e. The molecule has 118 valence electrons. The Balaban J connectivity index is 1.81. The molecule has 1 aliphatic rings. The summed E-state index contributed by atoms with van der Waals surface area (Å²) in [4.78, 5) is 6.97. The number of fused-ring (bicyclic) bond motifs is 1. The van der Waals surface area contributed by atoms with Crippen LogP contribution >= 0.6 is 0 Å². The van der Waals surface area contributed by atoms with E-state index in [2.05, 4.69) is 55.5 Å². The Morgan fingerprint density at radius 3 is 2.95 bits per heavy atom. The molecule has 1 saturated heterocycles. The van der Waals surface area contributed by atoms with Crippen LogP contribution in [0.3, 0.4) is 0 Å². The lowest BCUT2D eigenvalue weighted by Gasteiger charge is -2.19. The summed E-state index contributed by atoms with van der Waals surface area (Å²) in [7, 11) is 4.10. The molecule has 0 saturated carbocycles. The molecule has 0 aliphatic carbocycles. The van der Waals surface area contributed by atoms with Gasteiger partial charge in [-0.15, -0.1) is 0 Å². The lowest BCUT2D eigenvalue weighted by molar-refractivity contribution is 0.110. The van der Waals surface area contributed by atoms with E-state index in [9.17, 15) is 0 Å². The Hall–Kier alpha value is -1.65. The average Bonchev–Trinajstić information content (AvgIpc) is 3.00. The number of para-hydroxylation sites is 1. The first-order valence-electron chi connectivity index (χ1n) is 8.04. The molecule has 0 radical (unpaired) electrons. The van der Waals surface area contributed by atoms with Crippen molar-refractivity contribution in [3.63, 3.8) is 0 Å². The maximum Gasteiger partial charge on any atom is 0.133 e. The lowest BCUT2D eigenvalue weighted by atomic mass is 10.1. The molecule has 3 rings (SSSR count). The molecule has 1 N–H and O–H groups in total. The van der Waals surface area contributed by atoms with Crippen LogP contribution in [-0.2, 0) is 11.3 Å². The molecule has 0 bridgehead atoms. The number of nitrogens with one attached hydrogen (secondary N) is 1. The molecular weight excluding hydrogens is 274 g/mol.